The van der Waals surface area contributed by atoms with Gasteiger partial charge in [-0.3, -0.25) is 9.69 Å². The van der Waals surface area contributed by atoms with E-state index in [1.807, 2.05) is 30.0 Å². The van der Waals surface area contributed by atoms with Gasteiger partial charge in [0.1, 0.15) is 0 Å². The molecule has 0 aliphatic carbocycles. The standard InChI is InChI=1S/C16H21NO4/c1-3-7-17(11-16(18)19)12(2)13-5-6-14-15(10-13)21-9-4-8-20-14/h3,5-6,10,12H,1,4,7-9,11H2,2H3,(H,18,19). The minimum absolute atomic E-state index is 0.0262. The Hall–Kier alpha value is -2.01. The lowest BCUT2D eigenvalue weighted by Crippen LogP contribution is -2.32. The number of hydrogen-bond donors (Lipinski definition) is 1. The van der Waals surface area contributed by atoms with Crippen LogP contribution in [0.5, 0.6) is 11.5 Å². The number of fused-ring (bicyclic) bond motifs is 1. The van der Waals surface area contributed by atoms with Gasteiger partial charge in [0.05, 0.1) is 19.8 Å². The van der Waals surface area contributed by atoms with Crippen LogP contribution in [0.4, 0.5) is 0 Å². The average Bonchev–Trinajstić information content (AvgIpc) is 2.70. The number of ether oxygens (including phenoxy) is 2. The molecule has 114 valence electrons. The molecule has 0 aromatic heterocycles. The zero-order chi connectivity index (χ0) is 15.2. The summed E-state index contributed by atoms with van der Waals surface area (Å²) in [7, 11) is 0. The van der Waals surface area contributed by atoms with E-state index in [0.29, 0.717) is 19.8 Å². The maximum absolute atomic E-state index is 11.0. The van der Waals surface area contributed by atoms with Gasteiger partial charge < -0.3 is 14.6 Å². The number of carboxylic acid groups (broad SMARTS) is 1. The van der Waals surface area contributed by atoms with Crippen molar-refractivity contribution in [2.45, 2.75) is 19.4 Å². The van der Waals surface area contributed by atoms with E-state index in [1.165, 1.54) is 0 Å². The molecule has 1 unspecified atom stereocenters. The molecule has 1 aliphatic heterocycles. The van der Waals surface area contributed by atoms with Crippen molar-refractivity contribution in [1.82, 2.24) is 4.90 Å². The Kier molecular flexibility index (Phi) is 5.22. The van der Waals surface area contributed by atoms with Crippen molar-refractivity contribution < 1.29 is 19.4 Å². The number of carboxylic acids is 1. The van der Waals surface area contributed by atoms with Crippen LogP contribution in [-0.4, -0.2) is 42.3 Å². The molecular formula is C16H21NO4. The van der Waals surface area contributed by atoms with Gasteiger partial charge in [-0.05, 0) is 24.6 Å². The van der Waals surface area contributed by atoms with E-state index in [9.17, 15) is 4.79 Å². The normalized spacial score (nSPS) is 15.3. The molecule has 2 rings (SSSR count). The van der Waals surface area contributed by atoms with Gasteiger partial charge in [0.15, 0.2) is 11.5 Å². The average molecular weight is 291 g/mol. The first-order valence-corrected chi connectivity index (χ1v) is 7.08. The summed E-state index contributed by atoms with van der Waals surface area (Å²) in [4.78, 5) is 12.8. The monoisotopic (exact) mass is 291 g/mol. The Labute approximate surface area is 124 Å². The third-order valence-electron chi connectivity index (χ3n) is 3.50. The Morgan fingerprint density at radius 1 is 1.43 bits per heavy atom. The van der Waals surface area contributed by atoms with Crippen molar-refractivity contribution >= 4 is 5.97 Å². The van der Waals surface area contributed by atoms with Crippen molar-refractivity contribution in [2.24, 2.45) is 0 Å². The van der Waals surface area contributed by atoms with E-state index < -0.39 is 5.97 Å². The van der Waals surface area contributed by atoms with Crippen LogP contribution in [-0.2, 0) is 4.79 Å². The van der Waals surface area contributed by atoms with Gasteiger partial charge in [-0.2, -0.15) is 0 Å². The zero-order valence-corrected chi connectivity index (χ0v) is 12.2. The number of carbonyl (C=O) groups is 1. The maximum atomic E-state index is 11.0. The Bertz CT molecular complexity index is 515. The SMILES string of the molecule is C=CCN(CC(=O)O)C(C)c1ccc2c(c1)OCCCO2. The molecule has 0 spiro atoms. The first kappa shape index (κ1) is 15.4. The number of nitrogens with zero attached hydrogens (tertiary/aromatic N) is 1. The first-order valence-electron chi connectivity index (χ1n) is 7.08. The summed E-state index contributed by atoms with van der Waals surface area (Å²) in [6, 6.07) is 5.73. The fourth-order valence-corrected chi connectivity index (χ4v) is 2.35. The number of aliphatic carboxylic acids is 1. The minimum atomic E-state index is -0.849. The summed E-state index contributed by atoms with van der Waals surface area (Å²) in [5.74, 6) is 0.626. The molecule has 1 aromatic rings. The van der Waals surface area contributed by atoms with Crippen LogP contribution in [0.1, 0.15) is 24.9 Å². The molecule has 0 amide bonds. The summed E-state index contributed by atoms with van der Waals surface area (Å²) in [6.07, 6.45) is 2.57. The van der Waals surface area contributed by atoms with E-state index in [-0.39, 0.29) is 12.6 Å². The second-order valence-corrected chi connectivity index (χ2v) is 5.04. The van der Waals surface area contributed by atoms with Crippen molar-refractivity contribution in [3.05, 3.63) is 36.4 Å². The van der Waals surface area contributed by atoms with Crippen LogP contribution in [0.25, 0.3) is 0 Å². The highest BCUT2D eigenvalue weighted by Gasteiger charge is 2.19. The largest absolute Gasteiger partial charge is 0.490 e. The highest BCUT2D eigenvalue weighted by atomic mass is 16.5. The summed E-state index contributed by atoms with van der Waals surface area (Å²) in [5, 5.41) is 9.01. The molecule has 1 aliphatic rings. The molecule has 0 saturated heterocycles. The van der Waals surface area contributed by atoms with Crippen LogP contribution in [0.2, 0.25) is 0 Å². The van der Waals surface area contributed by atoms with Crippen LogP contribution in [0.3, 0.4) is 0 Å². The van der Waals surface area contributed by atoms with Crippen molar-refractivity contribution in [1.29, 1.82) is 0 Å². The fourth-order valence-electron chi connectivity index (χ4n) is 2.35. The summed E-state index contributed by atoms with van der Waals surface area (Å²) < 4.78 is 11.3. The maximum Gasteiger partial charge on any atom is 0.317 e. The molecule has 1 N–H and O–H groups in total. The molecular weight excluding hydrogens is 270 g/mol. The minimum Gasteiger partial charge on any atom is -0.490 e. The highest BCUT2D eigenvalue weighted by molar-refractivity contribution is 5.69. The third kappa shape index (κ3) is 3.98. The van der Waals surface area contributed by atoms with E-state index in [4.69, 9.17) is 14.6 Å². The summed E-state index contributed by atoms with van der Waals surface area (Å²) in [6.45, 7) is 7.45. The van der Waals surface area contributed by atoms with Gasteiger partial charge in [-0.15, -0.1) is 6.58 Å². The lowest BCUT2D eigenvalue weighted by atomic mass is 10.1. The van der Waals surface area contributed by atoms with Gasteiger partial charge in [0, 0.05) is 19.0 Å². The van der Waals surface area contributed by atoms with Crippen LogP contribution >= 0.6 is 0 Å². The van der Waals surface area contributed by atoms with E-state index in [0.717, 1.165) is 23.5 Å². The third-order valence-corrected chi connectivity index (χ3v) is 3.50. The van der Waals surface area contributed by atoms with Crippen LogP contribution in [0, 0.1) is 0 Å². The molecule has 0 radical (unpaired) electrons. The zero-order valence-electron chi connectivity index (χ0n) is 12.2. The Morgan fingerprint density at radius 3 is 2.81 bits per heavy atom. The lowest BCUT2D eigenvalue weighted by molar-refractivity contribution is -0.138. The second-order valence-electron chi connectivity index (χ2n) is 5.04. The predicted molar refractivity (Wildman–Crippen MR) is 79.9 cm³/mol. The molecule has 5 nitrogen and oxygen atoms in total. The topological polar surface area (TPSA) is 59.0 Å². The molecule has 1 heterocycles. The molecule has 5 heteroatoms. The Balaban J connectivity index is 2.20. The van der Waals surface area contributed by atoms with Gasteiger partial charge in [0.25, 0.3) is 0 Å². The summed E-state index contributed by atoms with van der Waals surface area (Å²) in [5.41, 5.74) is 1.00. The number of hydrogen-bond acceptors (Lipinski definition) is 4. The van der Waals surface area contributed by atoms with Crippen molar-refractivity contribution in [2.75, 3.05) is 26.3 Å². The lowest BCUT2D eigenvalue weighted by Gasteiger charge is -2.27. The molecule has 1 atom stereocenters. The van der Waals surface area contributed by atoms with Crippen molar-refractivity contribution in [3.63, 3.8) is 0 Å². The first-order chi connectivity index (χ1) is 10.1. The van der Waals surface area contributed by atoms with Crippen LogP contribution in [0.15, 0.2) is 30.9 Å². The quantitative estimate of drug-likeness (QED) is 0.816. The van der Waals surface area contributed by atoms with Gasteiger partial charge in [-0.25, -0.2) is 0 Å². The number of rotatable bonds is 6. The van der Waals surface area contributed by atoms with E-state index in [1.54, 1.807) is 6.08 Å². The van der Waals surface area contributed by atoms with Gasteiger partial charge in [0.2, 0.25) is 0 Å². The molecule has 21 heavy (non-hydrogen) atoms. The highest BCUT2D eigenvalue weighted by Crippen LogP contribution is 2.33. The number of benzene rings is 1. The predicted octanol–water partition coefficient (Wildman–Crippen LogP) is 2.48. The second kappa shape index (κ2) is 7.13. The fraction of sp³-hybridized carbons (Fsp3) is 0.438. The Morgan fingerprint density at radius 2 is 2.14 bits per heavy atom. The summed E-state index contributed by atoms with van der Waals surface area (Å²) >= 11 is 0. The van der Waals surface area contributed by atoms with E-state index >= 15 is 0 Å². The van der Waals surface area contributed by atoms with Crippen molar-refractivity contribution in [3.8, 4) is 11.5 Å². The molecule has 1 aromatic carbocycles. The smallest absolute Gasteiger partial charge is 0.317 e. The van der Waals surface area contributed by atoms with E-state index in [2.05, 4.69) is 6.58 Å². The van der Waals surface area contributed by atoms with Gasteiger partial charge in [-0.1, -0.05) is 12.1 Å². The van der Waals surface area contributed by atoms with Gasteiger partial charge >= 0.3 is 5.97 Å². The molecule has 0 saturated carbocycles. The molecule has 0 fully saturated rings. The van der Waals surface area contributed by atoms with Crippen LogP contribution < -0.4 is 9.47 Å². The molecule has 0 bridgehead atoms.